The van der Waals surface area contributed by atoms with Crippen LogP contribution in [0.3, 0.4) is 0 Å². The Hall–Kier alpha value is -1.77. The van der Waals surface area contributed by atoms with Crippen molar-refractivity contribution in [3.63, 3.8) is 0 Å². The molecule has 0 aliphatic heterocycles. The number of ketones is 1. The Morgan fingerprint density at radius 2 is 1.53 bits per heavy atom. The molecule has 0 saturated carbocycles. The smallest absolute Gasteiger partial charge is 0.161 e. The average molecular weight is 266 g/mol. The molecule has 0 N–H and O–H groups in total. The number of allylic oxidation sites excluding steroid dienone is 1. The lowest BCUT2D eigenvalue weighted by Crippen LogP contribution is -1.90. The zero-order chi connectivity index (χ0) is 15.3. The molecule has 0 aliphatic rings. The fraction of sp³-hybridized carbons (Fsp3) is 0.438. The first-order chi connectivity index (χ1) is 9.17. The Balaban J connectivity index is 0. The van der Waals surface area contributed by atoms with Gasteiger partial charge in [0.1, 0.15) is 0 Å². The van der Waals surface area contributed by atoms with E-state index in [1.807, 2.05) is 39.8 Å². The molecule has 0 radical (unpaired) electrons. The number of hydrogen-bond acceptors (Lipinski definition) is 3. The standard InChI is InChI=1S/C12H14O3.2C2H6/c1-9(13)4-5-10-6-7-11(14-2)12(8-10)15-3;2*1-2/h4-8H,1-3H3;2*1-2H3/b5-4+;;. The van der Waals surface area contributed by atoms with Crippen LogP contribution in [0.1, 0.15) is 40.2 Å². The minimum atomic E-state index is 0.0183. The van der Waals surface area contributed by atoms with Crippen molar-refractivity contribution in [2.24, 2.45) is 0 Å². The summed E-state index contributed by atoms with van der Waals surface area (Å²) in [6.45, 7) is 9.51. The quantitative estimate of drug-likeness (QED) is 0.760. The molecule has 1 aromatic carbocycles. The van der Waals surface area contributed by atoms with Crippen molar-refractivity contribution in [3.05, 3.63) is 29.8 Å². The normalized spacial score (nSPS) is 8.79. The molecule has 108 valence electrons. The third-order valence-electron chi connectivity index (χ3n) is 1.92. The third-order valence-corrected chi connectivity index (χ3v) is 1.92. The molecule has 0 aliphatic carbocycles. The molecule has 1 aromatic rings. The highest BCUT2D eigenvalue weighted by atomic mass is 16.5. The maximum absolute atomic E-state index is 10.8. The molecule has 0 atom stereocenters. The Morgan fingerprint density at radius 3 is 1.95 bits per heavy atom. The molecule has 0 saturated heterocycles. The predicted molar refractivity (Wildman–Crippen MR) is 82.0 cm³/mol. The lowest BCUT2D eigenvalue weighted by atomic mass is 10.2. The molecular weight excluding hydrogens is 240 g/mol. The van der Waals surface area contributed by atoms with Crippen LogP contribution in [-0.4, -0.2) is 20.0 Å². The van der Waals surface area contributed by atoms with Crippen LogP contribution in [-0.2, 0) is 4.79 Å². The van der Waals surface area contributed by atoms with Gasteiger partial charge in [0.2, 0.25) is 0 Å². The Bertz CT molecular complexity index is 382. The minimum Gasteiger partial charge on any atom is -0.493 e. The number of carbonyl (C=O) groups is 1. The fourth-order valence-corrected chi connectivity index (χ4v) is 1.17. The first-order valence-electron chi connectivity index (χ1n) is 6.58. The van der Waals surface area contributed by atoms with Gasteiger partial charge in [-0.05, 0) is 30.7 Å². The van der Waals surface area contributed by atoms with Gasteiger partial charge in [0.25, 0.3) is 0 Å². The van der Waals surface area contributed by atoms with E-state index < -0.39 is 0 Å². The van der Waals surface area contributed by atoms with Crippen molar-refractivity contribution in [3.8, 4) is 11.5 Å². The van der Waals surface area contributed by atoms with Crippen LogP contribution < -0.4 is 9.47 Å². The monoisotopic (exact) mass is 266 g/mol. The third kappa shape index (κ3) is 8.03. The molecule has 0 bridgehead atoms. The van der Waals surface area contributed by atoms with E-state index in [4.69, 9.17) is 9.47 Å². The van der Waals surface area contributed by atoms with E-state index in [0.717, 1.165) is 5.56 Å². The second kappa shape index (κ2) is 12.7. The van der Waals surface area contributed by atoms with Gasteiger partial charge in [0, 0.05) is 0 Å². The lowest BCUT2D eigenvalue weighted by Gasteiger charge is -2.07. The summed E-state index contributed by atoms with van der Waals surface area (Å²) in [5.74, 6) is 1.35. The number of hydrogen-bond donors (Lipinski definition) is 0. The highest BCUT2D eigenvalue weighted by Crippen LogP contribution is 2.27. The second-order valence-corrected chi connectivity index (χ2v) is 3.06. The van der Waals surface area contributed by atoms with Crippen LogP contribution in [0.25, 0.3) is 6.08 Å². The Labute approximate surface area is 117 Å². The van der Waals surface area contributed by atoms with E-state index >= 15 is 0 Å². The van der Waals surface area contributed by atoms with Crippen LogP contribution in [0.2, 0.25) is 0 Å². The predicted octanol–water partition coefficient (Wildman–Crippen LogP) is 4.36. The van der Waals surface area contributed by atoms with Gasteiger partial charge in [-0.15, -0.1) is 0 Å². The SMILES string of the molecule is CC.CC.COc1ccc(/C=C/C(C)=O)cc1OC. The summed E-state index contributed by atoms with van der Waals surface area (Å²) in [6.07, 6.45) is 3.26. The van der Waals surface area contributed by atoms with E-state index in [1.165, 1.54) is 13.0 Å². The van der Waals surface area contributed by atoms with Gasteiger partial charge in [0.15, 0.2) is 17.3 Å². The second-order valence-electron chi connectivity index (χ2n) is 3.06. The summed E-state index contributed by atoms with van der Waals surface area (Å²) in [5.41, 5.74) is 0.905. The summed E-state index contributed by atoms with van der Waals surface area (Å²) in [6, 6.07) is 5.48. The first-order valence-corrected chi connectivity index (χ1v) is 6.58. The number of methoxy groups -OCH3 is 2. The van der Waals surface area contributed by atoms with Gasteiger partial charge in [-0.3, -0.25) is 4.79 Å². The minimum absolute atomic E-state index is 0.0183. The van der Waals surface area contributed by atoms with E-state index in [0.29, 0.717) is 11.5 Å². The molecule has 0 fully saturated rings. The molecule has 0 spiro atoms. The van der Waals surface area contributed by atoms with Crippen molar-refractivity contribution in [2.75, 3.05) is 14.2 Å². The van der Waals surface area contributed by atoms with E-state index in [2.05, 4.69) is 0 Å². The van der Waals surface area contributed by atoms with Gasteiger partial charge < -0.3 is 9.47 Å². The van der Waals surface area contributed by atoms with Crippen molar-refractivity contribution >= 4 is 11.9 Å². The van der Waals surface area contributed by atoms with Crippen molar-refractivity contribution in [1.29, 1.82) is 0 Å². The van der Waals surface area contributed by atoms with Crippen molar-refractivity contribution < 1.29 is 14.3 Å². The number of benzene rings is 1. The molecular formula is C16H26O3. The Kier molecular flexibility index (Phi) is 13.1. The average Bonchev–Trinajstić information content (AvgIpc) is 2.48. The van der Waals surface area contributed by atoms with Crippen LogP contribution in [0.15, 0.2) is 24.3 Å². The van der Waals surface area contributed by atoms with Crippen molar-refractivity contribution in [2.45, 2.75) is 34.6 Å². The summed E-state index contributed by atoms with van der Waals surface area (Å²) < 4.78 is 10.2. The molecule has 3 heteroatoms. The van der Waals surface area contributed by atoms with Gasteiger partial charge in [-0.25, -0.2) is 0 Å². The first kappa shape index (κ1) is 19.6. The molecule has 0 heterocycles. The zero-order valence-corrected chi connectivity index (χ0v) is 13.1. The molecule has 3 nitrogen and oxygen atoms in total. The largest absolute Gasteiger partial charge is 0.493 e. The Morgan fingerprint density at radius 1 is 1.00 bits per heavy atom. The van der Waals surface area contributed by atoms with Gasteiger partial charge in [-0.2, -0.15) is 0 Å². The molecule has 0 amide bonds. The summed E-state index contributed by atoms with van der Waals surface area (Å²) in [7, 11) is 3.17. The van der Waals surface area contributed by atoms with E-state index in [-0.39, 0.29) is 5.78 Å². The van der Waals surface area contributed by atoms with Gasteiger partial charge in [0.05, 0.1) is 14.2 Å². The van der Waals surface area contributed by atoms with Crippen molar-refractivity contribution in [1.82, 2.24) is 0 Å². The maximum atomic E-state index is 10.8. The van der Waals surface area contributed by atoms with Gasteiger partial charge >= 0.3 is 0 Å². The number of ether oxygens (including phenoxy) is 2. The van der Waals surface area contributed by atoms with Crippen LogP contribution >= 0.6 is 0 Å². The van der Waals surface area contributed by atoms with E-state index in [9.17, 15) is 4.79 Å². The number of rotatable bonds is 4. The molecule has 19 heavy (non-hydrogen) atoms. The number of carbonyl (C=O) groups excluding carboxylic acids is 1. The van der Waals surface area contributed by atoms with Crippen LogP contribution in [0.5, 0.6) is 11.5 Å². The van der Waals surface area contributed by atoms with Crippen LogP contribution in [0, 0.1) is 0 Å². The maximum Gasteiger partial charge on any atom is 0.161 e. The lowest BCUT2D eigenvalue weighted by molar-refractivity contribution is -0.112. The topological polar surface area (TPSA) is 35.5 Å². The fourth-order valence-electron chi connectivity index (χ4n) is 1.17. The highest BCUT2D eigenvalue weighted by Gasteiger charge is 2.02. The van der Waals surface area contributed by atoms with Crippen LogP contribution in [0.4, 0.5) is 0 Å². The summed E-state index contributed by atoms with van der Waals surface area (Å²) in [5, 5.41) is 0. The summed E-state index contributed by atoms with van der Waals surface area (Å²) in [4.78, 5) is 10.8. The molecule has 0 unspecified atom stereocenters. The van der Waals surface area contributed by atoms with Gasteiger partial charge in [-0.1, -0.05) is 39.8 Å². The highest BCUT2D eigenvalue weighted by molar-refractivity contribution is 5.91. The molecule has 0 aromatic heterocycles. The zero-order valence-electron chi connectivity index (χ0n) is 13.1. The molecule has 1 rings (SSSR count). The summed E-state index contributed by atoms with van der Waals surface area (Å²) >= 11 is 0. The van der Waals surface area contributed by atoms with E-state index in [1.54, 1.807) is 26.4 Å².